The van der Waals surface area contributed by atoms with E-state index in [1.165, 1.54) is 0 Å². The van der Waals surface area contributed by atoms with Gasteiger partial charge in [0.15, 0.2) is 0 Å². The molecule has 3 rings (SSSR count). The van der Waals surface area contributed by atoms with E-state index in [0.717, 1.165) is 51.4 Å². The Morgan fingerprint density at radius 1 is 1.16 bits per heavy atom. The Balaban J connectivity index is 1.47. The van der Waals surface area contributed by atoms with E-state index >= 15 is 0 Å². The highest BCUT2D eigenvalue weighted by molar-refractivity contribution is 5.87. The topological polar surface area (TPSA) is 87.7 Å². The lowest BCUT2D eigenvalue weighted by Crippen LogP contribution is -2.55. The first-order valence-electron chi connectivity index (χ1n) is 9.04. The number of piperidine rings is 1. The van der Waals surface area contributed by atoms with Gasteiger partial charge in [-0.1, -0.05) is 0 Å². The minimum atomic E-state index is -0.425. The van der Waals surface area contributed by atoms with Crippen molar-refractivity contribution in [2.24, 2.45) is 12.8 Å². The number of nitrogens with zero attached hydrogens (tertiary/aromatic N) is 5. The summed E-state index contributed by atoms with van der Waals surface area (Å²) in [5.41, 5.74) is 5.46. The van der Waals surface area contributed by atoms with Gasteiger partial charge in [0.1, 0.15) is 11.9 Å². The van der Waals surface area contributed by atoms with Crippen LogP contribution in [0.25, 0.3) is 0 Å². The number of imidazole rings is 1. The summed E-state index contributed by atoms with van der Waals surface area (Å²) in [6, 6.07) is -0.425. The molecule has 1 aromatic heterocycles. The van der Waals surface area contributed by atoms with Crippen LogP contribution in [-0.2, 0) is 23.2 Å². The molecule has 25 heavy (non-hydrogen) atoms. The molecule has 2 saturated heterocycles. The van der Waals surface area contributed by atoms with Crippen molar-refractivity contribution >= 4 is 11.8 Å². The van der Waals surface area contributed by atoms with Crippen molar-refractivity contribution in [2.75, 3.05) is 39.3 Å². The standard InChI is InChI=1S/C17H28N6O2/c1-20-7-5-19-15(20)12-21-8-10-22(11-9-21)13-16(24)23-6-3-2-4-14(23)17(18)25/h5,7,14H,2-4,6,8-13H2,1H3,(H2,18,25)/t14-/m1/s1. The molecular formula is C17H28N6O2. The minimum absolute atomic E-state index is 0.0288. The van der Waals surface area contributed by atoms with Crippen LogP contribution in [0.2, 0.25) is 0 Å². The number of amides is 2. The molecule has 8 heteroatoms. The first kappa shape index (κ1) is 17.9. The van der Waals surface area contributed by atoms with Crippen LogP contribution in [0, 0.1) is 0 Å². The molecule has 1 aromatic rings. The molecule has 2 aliphatic heterocycles. The third-order valence-electron chi connectivity index (χ3n) is 5.26. The zero-order valence-electron chi connectivity index (χ0n) is 14.9. The fourth-order valence-corrected chi connectivity index (χ4v) is 3.66. The maximum absolute atomic E-state index is 12.6. The van der Waals surface area contributed by atoms with Gasteiger partial charge in [-0.3, -0.25) is 19.4 Å². The van der Waals surface area contributed by atoms with Crippen molar-refractivity contribution in [1.29, 1.82) is 0 Å². The third-order valence-corrected chi connectivity index (χ3v) is 5.26. The van der Waals surface area contributed by atoms with Gasteiger partial charge >= 0.3 is 0 Å². The molecule has 1 atom stereocenters. The Bertz CT molecular complexity index is 608. The molecule has 0 bridgehead atoms. The Morgan fingerprint density at radius 2 is 1.88 bits per heavy atom. The Kier molecular flexibility index (Phi) is 5.70. The Morgan fingerprint density at radius 3 is 2.52 bits per heavy atom. The number of carbonyl (C=O) groups is 2. The molecule has 0 spiro atoms. The Hall–Kier alpha value is -1.93. The summed E-state index contributed by atoms with van der Waals surface area (Å²) < 4.78 is 2.04. The normalized spacial score (nSPS) is 22.9. The summed E-state index contributed by atoms with van der Waals surface area (Å²) in [7, 11) is 2.00. The van der Waals surface area contributed by atoms with Crippen LogP contribution in [0.15, 0.2) is 12.4 Å². The first-order valence-corrected chi connectivity index (χ1v) is 9.04. The number of aryl methyl sites for hydroxylation is 1. The molecule has 8 nitrogen and oxygen atoms in total. The second-order valence-electron chi connectivity index (χ2n) is 7.01. The average Bonchev–Trinajstić information content (AvgIpc) is 3.01. The van der Waals surface area contributed by atoms with E-state index < -0.39 is 6.04 Å². The summed E-state index contributed by atoms with van der Waals surface area (Å²) in [6.45, 7) is 5.39. The average molecular weight is 348 g/mol. The molecule has 2 fully saturated rings. The number of primary amides is 1. The number of nitrogens with two attached hydrogens (primary N) is 1. The van der Waals surface area contributed by atoms with Gasteiger partial charge < -0.3 is 15.2 Å². The summed E-state index contributed by atoms with van der Waals surface area (Å²) in [5.74, 6) is 0.705. The fourth-order valence-electron chi connectivity index (χ4n) is 3.66. The molecular weight excluding hydrogens is 320 g/mol. The number of aromatic nitrogens is 2. The van der Waals surface area contributed by atoms with Gasteiger partial charge in [-0.15, -0.1) is 0 Å². The van der Waals surface area contributed by atoms with Crippen molar-refractivity contribution < 1.29 is 9.59 Å². The summed E-state index contributed by atoms with van der Waals surface area (Å²) in [6.07, 6.45) is 6.38. The lowest BCUT2D eigenvalue weighted by atomic mass is 10.0. The SMILES string of the molecule is Cn1ccnc1CN1CCN(CC(=O)N2CCCC[C@@H]2C(N)=O)CC1. The largest absolute Gasteiger partial charge is 0.368 e. The van der Waals surface area contributed by atoms with Gasteiger partial charge in [-0.25, -0.2) is 4.98 Å². The number of rotatable bonds is 5. The van der Waals surface area contributed by atoms with E-state index in [-0.39, 0.29) is 11.8 Å². The zero-order chi connectivity index (χ0) is 17.8. The molecule has 0 saturated carbocycles. The van der Waals surface area contributed by atoms with E-state index in [0.29, 0.717) is 19.5 Å². The quantitative estimate of drug-likeness (QED) is 0.768. The Labute approximate surface area is 148 Å². The van der Waals surface area contributed by atoms with Gasteiger partial charge in [0, 0.05) is 52.2 Å². The molecule has 3 heterocycles. The molecule has 2 amide bonds. The third kappa shape index (κ3) is 4.38. The molecule has 138 valence electrons. The lowest BCUT2D eigenvalue weighted by Gasteiger charge is -2.38. The maximum atomic E-state index is 12.6. The molecule has 0 aromatic carbocycles. The van der Waals surface area contributed by atoms with Gasteiger partial charge in [-0.2, -0.15) is 0 Å². The summed E-state index contributed by atoms with van der Waals surface area (Å²) in [4.78, 5) is 34.8. The van der Waals surface area contributed by atoms with Gasteiger partial charge in [-0.05, 0) is 19.3 Å². The van der Waals surface area contributed by atoms with Crippen LogP contribution < -0.4 is 5.73 Å². The van der Waals surface area contributed by atoms with Crippen LogP contribution in [0.3, 0.4) is 0 Å². The fraction of sp³-hybridized carbons (Fsp3) is 0.706. The number of hydrogen-bond donors (Lipinski definition) is 1. The number of carbonyl (C=O) groups excluding carboxylic acids is 2. The highest BCUT2D eigenvalue weighted by Crippen LogP contribution is 2.17. The van der Waals surface area contributed by atoms with E-state index in [4.69, 9.17) is 5.73 Å². The molecule has 0 radical (unpaired) electrons. The first-order chi connectivity index (χ1) is 12.0. The van der Waals surface area contributed by atoms with Crippen LogP contribution >= 0.6 is 0 Å². The number of piperazine rings is 1. The second-order valence-corrected chi connectivity index (χ2v) is 7.01. The van der Waals surface area contributed by atoms with Crippen LogP contribution in [-0.4, -0.2) is 81.4 Å². The summed E-state index contributed by atoms with van der Waals surface area (Å²) >= 11 is 0. The summed E-state index contributed by atoms with van der Waals surface area (Å²) in [5, 5.41) is 0. The zero-order valence-corrected chi connectivity index (χ0v) is 14.9. The van der Waals surface area contributed by atoms with Crippen molar-refractivity contribution in [1.82, 2.24) is 24.3 Å². The molecule has 0 aliphatic carbocycles. The van der Waals surface area contributed by atoms with Crippen LogP contribution in [0.5, 0.6) is 0 Å². The van der Waals surface area contributed by atoms with Crippen molar-refractivity contribution in [3.63, 3.8) is 0 Å². The predicted octanol–water partition coefficient (Wildman–Crippen LogP) is -0.596. The smallest absolute Gasteiger partial charge is 0.240 e. The molecule has 2 N–H and O–H groups in total. The predicted molar refractivity (Wildman–Crippen MR) is 93.5 cm³/mol. The lowest BCUT2D eigenvalue weighted by molar-refractivity contribution is -0.142. The van der Waals surface area contributed by atoms with E-state index in [1.807, 2.05) is 24.0 Å². The second kappa shape index (κ2) is 7.97. The number of likely N-dealkylation sites (tertiary alicyclic amines) is 1. The van der Waals surface area contributed by atoms with Crippen LogP contribution in [0.1, 0.15) is 25.1 Å². The van der Waals surface area contributed by atoms with E-state index in [1.54, 1.807) is 4.90 Å². The highest BCUT2D eigenvalue weighted by atomic mass is 16.2. The monoisotopic (exact) mass is 348 g/mol. The van der Waals surface area contributed by atoms with E-state index in [9.17, 15) is 9.59 Å². The van der Waals surface area contributed by atoms with Crippen molar-refractivity contribution in [2.45, 2.75) is 31.8 Å². The van der Waals surface area contributed by atoms with Gasteiger partial charge in [0.05, 0.1) is 13.1 Å². The van der Waals surface area contributed by atoms with Gasteiger partial charge in [0.2, 0.25) is 11.8 Å². The van der Waals surface area contributed by atoms with Crippen molar-refractivity contribution in [3.05, 3.63) is 18.2 Å². The molecule has 2 aliphatic rings. The molecule has 0 unspecified atom stereocenters. The van der Waals surface area contributed by atoms with Gasteiger partial charge in [0.25, 0.3) is 0 Å². The minimum Gasteiger partial charge on any atom is -0.368 e. The van der Waals surface area contributed by atoms with E-state index in [2.05, 4.69) is 14.8 Å². The maximum Gasteiger partial charge on any atom is 0.240 e. The van der Waals surface area contributed by atoms with Crippen molar-refractivity contribution in [3.8, 4) is 0 Å². The van der Waals surface area contributed by atoms with Crippen LogP contribution in [0.4, 0.5) is 0 Å². The highest BCUT2D eigenvalue weighted by Gasteiger charge is 2.31. The number of hydrogen-bond acceptors (Lipinski definition) is 5.